The van der Waals surface area contributed by atoms with Gasteiger partial charge in [0.2, 0.25) is 0 Å². The maximum Gasteiger partial charge on any atom is 0.305 e. The molecule has 6 aromatic carbocycles. The van der Waals surface area contributed by atoms with Gasteiger partial charge < -0.3 is 29.2 Å². The Morgan fingerprint density at radius 2 is 0.774 bits per heavy atom. The van der Waals surface area contributed by atoms with Crippen molar-refractivity contribution in [1.29, 1.82) is 0 Å². The molecule has 0 radical (unpaired) electrons. The van der Waals surface area contributed by atoms with Gasteiger partial charge in [-0.15, -0.1) is 0 Å². The summed E-state index contributed by atoms with van der Waals surface area (Å²) in [5.74, 6) is 0.388. The van der Waals surface area contributed by atoms with E-state index in [0.29, 0.717) is 45.2 Å². The highest BCUT2D eigenvalue weighted by Crippen LogP contribution is 2.30. The summed E-state index contributed by atoms with van der Waals surface area (Å²) in [4.78, 5) is 25.5. The number of ether oxygens (including phenoxy) is 4. The lowest BCUT2D eigenvalue weighted by Crippen LogP contribution is -2.12. The van der Waals surface area contributed by atoms with Crippen molar-refractivity contribution < 1.29 is 38.7 Å². The summed E-state index contributed by atoms with van der Waals surface area (Å²) in [6, 6.07) is 46.0. The van der Waals surface area contributed by atoms with E-state index in [1.807, 2.05) is 84.9 Å². The maximum atomic E-state index is 12.2. The topological polar surface area (TPSA) is 112 Å². The number of hydrogen-bond acceptors (Lipinski definition) is 10. The number of hydrogen-bond donors (Lipinski definition) is 2. The minimum Gasteiger partial charge on any atom is -0.507 e. The molecule has 6 rings (SSSR count). The molecule has 318 valence electrons. The second kappa shape index (κ2) is 23.6. The minimum absolute atomic E-state index is 0.0171. The summed E-state index contributed by atoms with van der Waals surface area (Å²) in [7, 11) is 0. The van der Waals surface area contributed by atoms with Crippen LogP contribution in [0.5, 0.6) is 23.0 Å². The first-order valence-corrected chi connectivity index (χ1v) is 21.7. The number of carbonyl (C=O) groups excluding carboxylic acids is 2. The maximum absolute atomic E-state index is 12.2. The van der Waals surface area contributed by atoms with Crippen molar-refractivity contribution in [3.8, 4) is 45.3 Å². The molecule has 0 aliphatic heterocycles. The van der Waals surface area contributed by atoms with E-state index >= 15 is 0 Å². The highest BCUT2D eigenvalue weighted by atomic mass is 32.1. The molecule has 0 atom stereocenters. The zero-order chi connectivity index (χ0) is 43.5. The Morgan fingerprint density at radius 3 is 1.15 bits per heavy atom. The number of benzene rings is 6. The SMILES string of the molecule is O=C(CCCCCCCCC(=O)OCCOc1ccc(C(=S)c2ccc(-c3ccccc3)cc2)c(O)c1)OCCOc1ccc(C(=S)c2ccc(-c3ccccc3)cc2)c(O)c1. The second-order valence-electron chi connectivity index (χ2n) is 14.7. The first kappa shape index (κ1) is 45.2. The normalized spacial score (nSPS) is 10.8. The van der Waals surface area contributed by atoms with Crippen LogP contribution in [0.2, 0.25) is 0 Å². The van der Waals surface area contributed by atoms with Gasteiger partial charge in [-0.2, -0.15) is 0 Å². The Bertz CT molecular complexity index is 2230. The quantitative estimate of drug-likeness (QED) is 0.0279. The van der Waals surface area contributed by atoms with Crippen LogP contribution in [0.15, 0.2) is 146 Å². The summed E-state index contributed by atoms with van der Waals surface area (Å²) in [6.07, 6.45) is 5.80. The zero-order valence-electron chi connectivity index (χ0n) is 34.5. The van der Waals surface area contributed by atoms with Gasteiger partial charge in [0.1, 0.15) is 49.4 Å². The highest BCUT2D eigenvalue weighted by molar-refractivity contribution is 7.81. The van der Waals surface area contributed by atoms with Crippen LogP contribution in [0.4, 0.5) is 0 Å². The van der Waals surface area contributed by atoms with Gasteiger partial charge in [0, 0.05) is 36.1 Å². The number of thiocarbonyl (C=S) groups is 2. The fraction of sp³-hybridized carbons (Fsp3) is 0.231. The van der Waals surface area contributed by atoms with Crippen LogP contribution in [0.3, 0.4) is 0 Å². The van der Waals surface area contributed by atoms with E-state index in [1.54, 1.807) is 24.3 Å². The molecular weight excluding hydrogens is 817 g/mol. The monoisotopic (exact) mass is 866 g/mol. The van der Waals surface area contributed by atoms with Crippen molar-refractivity contribution in [2.75, 3.05) is 26.4 Å². The fourth-order valence-electron chi connectivity index (χ4n) is 6.81. The van der Waals surface area contributed by atoms with E-state index in [9.17, 15) is 19.8 Å². The molecular formula is C52H50O8S2. The van der Waals surface area contributed by atoms with Gasteiger partial charge in [-0.1, -0.05) is 159 Å². The molecule has 0 spiro atoms. The van der Waals surface area contributed by atoms with Crippen LogP contribution in [0.1, 0.15) is 73.6 Å². The molecule has 0 bridgehead atoms. The zero-order valence-corrected chi connectivity index (χ0v) is 36.1. The van der Waals surface area contributed by atoms with Crippen molar-refractivity contribution in [3.63, 3.8) is 0 Å². The number of unbranched alkanes of at least 4 members (excludes halogenated alkanes) is 5. The molecule has 0 saturated carbocycles. The third kappa shape index (κ3) is 13.6. The standard InChI is InChI=1S/C52H50O8S2/c53-47-35-43(27-29-45(47)51(61)41-23-19-39(20-24-41)37-13-7-5-8-14-37)57-31-33-59-49(55)17-11-3-1-2-4-12-18-50(56)60-34-32-58-44-28-30-46(48(54)36-44)52(62)42-25-21-40(22-26-42)38-15-9-6-10-16-38/h5-10,13-16,19-30,35-36,53-54H,1-4,11-12,17-18,31-34H2. The van der Waals surface area contributed by atoms with Gasteiger partial charge in [0.25, 0.3) is 0 Å². The van der Waals surface area contributed by atoms with E-state index in [4.69, 9.17) is 43.4 Å². The van der Waals surface area contributed by atoms with E-state index in [-0.39, 0.29) is 49.9 Å². The molecule has 0 aliphatic carbocycles. The third-order valence-electron chi connectivity index (χ3n) is 10.2. The van der Waals surface area contributed by atoms with Gasteiger partial charge in [-0.3, -0.25) is 9.59 Å². The first-order chi connectivity index (χ1) is 30.2. The lowest BCUT2D eigenvalue weighted by Gasteiger charge is -2.11. The largest absolute Gasteiger partial charge is 0.507 e. The number of carbonyl (C=O) groups is 2. The van der Waals surface area contributed by atoms with Crippen molar-refractivity contribution in [2.45, 2.75) is 51.4 Å². The van der Waals surface area contributed by atoms with E-state index in [1.165, 1.54) is 12.1 Å². The molecule has 0 aromatic heterocycles. The van der Waals surface area contributed by atoms with Crippen LogP contribution >= 0.6 is 24.4 Å². The van der Waals surface area contributed by atoms with Crippen molar-refractivity contribution >= 4 is 46.1 Å². The van der Waals surface area contributed by atoms with Gasteiger partial charge in [0.05, 0.1) is 9.73 Å². The lowest BCUT2D eigenvalue weighted by atomic mass is 9.99. The van der Waals surface area contributed by atoms with Crippen LogP contribution < -0.4 is 9.47 Å². The molecule has 10 heteroatoms. The average molecular weight is 867 g/mol. The number of aromatic hydroxyl groups is 2. The van der Waals surface area contributed by atoms with E-state index in [0.717, 1.165) is 71.9 Å². The number of phenols is 2. The van der Waals surface area contributed by atoms with Crippen molar-refractivity contribution in [1.82, 2.24) is 0 Å². The molecule has 0 aliphatic rings. The van der Waals surface area contributed by atoms with Crippen molar-refractivity contribution in [3.05, 3.63) is 168 Å². The smallest absolute Gasteiger partial charge is 0.305 e. The molecule has 6 aromatic rings. The summed E-state index contributed by atoms with van der Waals surface area (Å²) >= 11 is 11.3. The fourth-order valence-corrected chi connectivity index (χ4v) is 7.42. The Hall–Kier alpha value is -6.36. The summed E-state index contributed by atoms with van der Waals surface area (Å²) < 4.78 is 22.0. The average Bonchev–Trinajstić information content (AvgIpc) is 3.30. The first-order valence-electron chi connectivity index (χ1n) is 20.9. The molecule has 0 fully saturated rings. The summed E-state index contributed by atoms with van der Waals surface area (Å²) in [5, 5.41) is 21.3. The lowest BCUT2D eigenvalue weighted by molar-refractivity contribution is -0.145. The molecule has 0 saturated heterocycles. The summed E-state index contributed by atoms with van der Waals surface area (Å²) in [5.41, 5.74) is 7.16. The van der Waals surface area contributed by atoms with Crippen LogP contribution in [-0.2, 0) is 19.1 Å². The third-order valence-corrected chi connectivity index (χ3v) is 11.1. The number of rotatable bonds is 23. The van der Waals surface area contributed by atoms with Crippen LogP contribution in [-0.4, -0.2) is 58.3 Å². The number of esters is 2. The second-order valence-corrected chi connectivity index (χ2v) is 15.5. The van der Waals surface area contributed by atoms with Crippen LogP contribution in [0, 0.1) is 0 Å². The predicted molar refractivity (Wildman–Crippen MR) is 251 cm³/mol. The Morgan fingerprint density at radius 1 is 0.419 bits per heavy atom. The Balaban J connectivity index is 0.762. The highest BCUT2D eigenvalue weighted by Gasteiger charge is 2.14. The van der Waals surface area contributed by atoms with Gasteiger partial charge in [-0.05, 0) is 70.5 Å². The van der Waals surface area contributed by atoms with Gasteiger partial charge in [0.15, 0.2) is 0 Å². The Labute approximate surface area is 374 Å². The summed E-state index contributed by atoms with van der Waals surface area (Å²) in [6.45, 7) is 0.527. The van der Waals surface area contributed by atoms with E-state index in [2.05, 4.69) is 24.3 Å². The molecule has 0 unspecified atom stereocenters. The van der Waals surface area contributed by atoms with Crippen molar-refractivity contribution in [2.24, 2.45) is 0 Å². The van der Waals surface area contributed by atoms with Crippen LogP contribution in [0.25, 0.3) is 22.3 Å². The minimum atomic E-state index is -0.277. The molecule has 2 N–H and O–H groups in total. The van der Waals surface area contributed by atoms with E-state index < -0.39 is 0 Å². The van der Waals surface area contributed by atoms with Gasteiger partial charge in [-0.25, -0.2) is 0 Å². The molecule has 8 nitrogen and oxygen atoms in total. The number of phenolic OH excluding ortho intramolecular Hbond substituents is 2. The molecule has 0 heterocycles. The molecule has 0 amide bonds. The predicted octanol–water partition coefficient (Wildman–Crippen LogP) is 11.6. The van der Waals surface area contributed by atoms with Gasteiger partial charge >= 0.3 is 11.9 Å². The molecule has 62 heavy (non-hydrogen) atoms. The Kier molecular flexibility index (Phi) is 17.2.